The van der Waals surface area contributed by atoms with E-state index in [1.54, 1.807) is 0 Å². The number of carbonyl (C=O) groups excluding carboxylic acids is 1. The summed E-state index contributed by atoms with van der Waals surface area (Å²) in [5, 5.41) is 0. The van der Waals surface area contributed by atoms with E-state index in [0.29, 0.717) is 12.8 Å². The Hall–Kier alpha value is -0.610. The Kier molecular flexibility index (Phi) is 18.3. The van der Waals surface area contributed by atoms with Crippen molar-refractivity contribution in [2.75, 3.05) is 0 Å². The molecule has 4 nitrogen and oxygen atoms in total. The molecular formula is C23H48N2O2. The molecule has 0 saturated carbocycles. The second kappa shape index (κ2) is 18.7. The average molecular weight is 385 g/mol. The first-order valence-corrected chi connectivity index (χ1v) is 11.8. The molecule has 162 valence electrons. The molecule has 0 bridgehead atoms. The molecule has 0 fully saturated rings. The van der Waals surface area contributed by atoms with Crippen LogP contribution in [0.3, 0.4) is 0 Å². The van der Waals surface area contributed by atoms with E-state index < -0.39 is 11.5 Å². The van der Waals surface area contributed by atoms with Crippen molar-refractivity contribution in [2.24, 2.45) is 11.6 Å². The number of hydrogen-bond acceptors (Lipinski definition) is 4. The van der Waals surface area contributed by atoms with Crippen LogP contribution in [-0.4, -0.2) is 11.5 Å². The number of hydrogen-bond donors (Lipinski definition) is 2. The average Bonchev–Trinajstić information content (AvgIpc) is 2.67. The largest absolute Gasteiger partial charge is 0.372 e. The molecule has 0 amide bonds. The fourth-order valence-corrected chi connectivity index (χ4v) is 3.88. The van der Waals surface area contributed by atoms with Crippen LogP contribution in [0.2, 0.25) is 0 Å². The predicted molar refractivity (Wildman–Crippen MR) is 116 cm³/mol. The fourth-order valence-electron chi connectivity index (χ4n) is 3.88. The Morgan fingerprint density at radius 2 is 1.00 bits per heavy atom. The van der Waals surface area contributed by atoms with Crippen LogP contribution in [0, 0.1) is 0 Å². The summed E-state index contributed by atoms with van der Waals surface area (Å²) in [6, 6.07) is 0. The Labute approximate surface area is 169 Å². The molecule has 4 N–H and O–H groups in total. The first kappa shape index (κ1) is 26.4. The smallest absolute Gasteiger partial charge is 0.344 e. The first-order chi connectivity index (χ1) is 13.1. The van der Waals surface area contributed by atoms with Crippen molar-refractivity contribution >= 4 is 5.97 Å². The number of nitrogens with two attached hydrogens (primary N) is 2. The number of unbranched alkanes of at least 4 members (excludes halogenated alkanes) is 15. The summed E-state index contributed by atoms with van der Waals surface area (Å²) >= 11 is 0. The monoisotopic (exact) mass is 384 g/mol. The van der Waals surface area contributed by atoms with E-state index in [0.717, 1.165) is 19.3 Å². The zero-order valence-corrected chi connectivity index (χ0v) is 18.4. The molecule has 0 aromatic rings. The maximum absolute atomic E-state index is 11.7. The molecule has 0 spiro atoms. The quantitative estimate of drug-likeness (QED) is 0.184. The van der Waals surface area contributed by atoms with Gasteiger partial charge in [-0.2, -0.15) is 5.90 Å². The van der Waals surface area contributed by atoms with Crippen molar-refractivity contribution in [3.8, 4) is 0 Å². The predicted octanol–water partition coefficient (Wildman–Crippen LogP) is 6.55. The third kappa shape index (κ3) is 15.0. The van der Waals surface area contributed by atoms with Crippen molar-refractivity contribution < 1.29 is 9.63 Å². The standard InChI is InChI=1S/C23H48N2O2/c1-3-5-6-7-8-9-10-11-12-13-14-15-16-17-18-19-21-23(24,20-4-2)22(26)27-25/h3-21,24-25H2,1-2H3. The molecule has 0 aliphatic carbocycles. The van der Waals surface area contributed by atoms with Gasteiger partial charge >= 0.3 is 5.97 Å². The van der Waals surface area contributed by atoms with E-state index in [1.807, 2.05) is 6.92 Å². The van der Waals surface area contributed by atoms with Gasteiger partial charge in [-0.05, 0) is 12.8 Å². The summed E-state index contributed by atoms with van der Waals surface area (Å²) in [6.07, 6.45) is 23.7. The Bertz CT molecular complexity index is 336. The summed E-state index contributed by atoms with van der Waals surface area (Å²) in [7, 11) is 0. The van der Waals surface area contributed by atoms with Gasteiger partial charge < -0.3 is 10.6 Å². The molecule has 1 atom stereocenters. The number of rotatable bonds is 20. The van der Waals surface area contributed by atoms with Crippen LogP contribution in [0.1, 0.15) is 136 Å². The Balaban J connectivity index is 3.39. The maximum atomic E-state index is 11.7. The summed E-state index contributed by atoms with van der Waals surface area (Å²) < 4.78 is 0. The lowest BCUT2D eigenvalue weighted by molar-refractivity contribution is -0.151. The van der Waals surface area contributed by atoms with Gasteiger partial charge in [0.1, 0.15) is 5.54 Å². The topological polar surface area (TPSA) is 78.3 Å². The second-order valence-corrected chi connectivity index (χ2v) is 8.36. The zero-order chi connectivity index (χ0) is 20.2. The fraction of sp³-hybridized carbons (Fsp3) is 0.957. The molecule has 0 heterocycles. The molecule has 0 rings (SSSR count). The highest BCUT2D eigenvalue weighted by molar-refractivity contribution is 5.80. The molecule has 1 unspecified atom stereocenters. The van der Waals surface area contributed by atoms with Gasteiger partial charge in [-0.1, -0.05) is 123 Å². The first-order valence-electron chi connectivity index (χ1n) is 11.8. The molecule has 4 heteroatoms. The van der Waals surface area contributed by atoms with Gasteiger partial charge in [-0.15, -0.1) is 0 Å². The molecular weight excluding hydrogens is 336 g/mol. The Morgan fingerprint density at radius 1 is 0.630 bits per heavy atom. The van der Waals surface area contributed by atoms with Crippen LogP contribution in [-0.2, 0) is 9.63 Å². The van der Waals surface area contributed by atoms with E-state index >= 15 is 0 Å². The lowest BCUT2D eigenvalue weighted by atomic mass is 9.88. The van der Waals surface area contributed by atoms with Crippen LogP contribution < -0.4 is 11.6 Å². The second-order valence-electron chi connectivity index (χ2n) is 8.36. The van der Waals surface area contributed by atoms with E-state index in [9.17, 15) is 4.79 Å². The van der Waals surface area contributed by atoms with Crippen LogP contribution >= 0.6 is 0 Å². The third-order valence-electron chi connectivity index (χ3n) is 5.69. The van der Waals surface area contributed by atoms with Crippen molar-refractivity contribution in [3.05, 3.63) is 0 Å². The van der Waals surface area contributed by atoms with Crippen LogP contribution in [0.4, 0.5) is 0 Å². The third-order valence-corrected chi connectivity index (χ3v) is 5.69. The summed E-state index contributed by atoms with van der Waals surface area (Å²) in [6.45, 7) is 4.30. The molecule has 0 aliphatic heterocycles. The van der Waals surface area contributed by atoms with Crippen LogP contribution in [0.25, 0.3) is 0 Å². The summed E-state index contributed by atoms with van der Waals surface area (Å²) in [5.41, 5.74) is 5.28. The molecule has 0 aliphatic rings. The highest BCUT2D eigenvalue weighted by Crippen LogP contribution is 2.21. The summed E-state index contributed by atoms with van der Waals surface area (Å²) in [5.74, 6) is 4.55. The van der Waals surface area contributed by atoms with Gasteiger partial charge in [-0.25, -0.2) is 4.79 Å². The van der Waals surface area contributed by atoms with Gasteiger partial charge in [0.05, 0.1) is 0 Å². The molecule has 27 heavy (non-hydrogen) atoms. The van der Waals surface area contributed by atoms with Gasteiger partial charge in [0, 0.05) is 0 Å². The molecule has 0 saturated heterocycles. The summed E-state index contributed by atoms with van der Waals surface area (Å²) in [4.78, 5) is 16.1. The zero-order valence-electron chi connectivity index (χ0n) is 18.4. The minimum Gasteiger partial charge on any atom is -0.372 e. The van der Waals surface area contributed by atoms with Gasteiger partial charge in [-0.3, -0.25) is 0 Å². The van der Waals surface area contributed by atoms with Crippen molar-refractivity contribution in [1.29, 1.82) is 0 Å². The normalized spacial score (nSPS) is 13.5. The lowest BCUT2D eigenvalue weighted by Gasteiger charge is -2.25. The molecule has 0 aromatic carbocycles. The minimum atomic E-state index is -0.889. The highest BCUT2D eigenvalue weighted by Gasteiger charge is 2.33. The molecule has 0 aromatic heterocycles. The van der Waals surface area contributed by atoms with Crippen LogP contribution in [0.15, 0.2) is 0 Å². The van der Waals surface area contributed by atoms with E-state index in [1.165, 1.54) is 89.9 Å². The van der Waals surface area contributed by atoms with Gasteiger partial charge in [0.2, 0.25) is 0 Å². The van der Waals surface area contributed by atoms with E-state index in [-0.39, 0.29) is 0 Å². The van der Waals surface area contributed by atoms with Crippen molar-refractivity contribution in [3.63, 3.8) is 0 Å². The van der Waals surface area contributed by atoms with Crippen molar-refractivity contribution in [1.82, 2.24) is 0 Å². The highest BCUT2D eigenvalue weighted by atomic mass is 16.7. The molecule has 0 radical (unpaired) electrons. The van der Waals surface area contributed by atoms with Crippen molar-refractivity contribution in [2.45, 2.75) is 141 Å². The van der Waals surface area contributed by atoms with E-state index in [2.05, 4.69) is 11.8 Å². The van der Waals surface area contributed by atoms with Gasteiger partial charge in [0.15, 0.2) is 0 Å². The SMILES string of the molecule is CCCCCCCCCCCCCCCCCCC(N)(CCC)C(=O)ON. The minimum absolute atomic E-state index is 0.467. The van der Waals surface area contributed by atoms with Gasteiger partial charge in [0.25, 0.3) is 0 Å². The van der Waals surface area contributed by atoms with Crippen LogP contribution in [0.5, 0.6) is 0 Å². The Morgan fingerprint density at radius 3 is 1.33 bits per heavy atom. The maximum Gasteiger partial charge on any atom is 0.344 e. The van der Waals surface area contributed by atoms with E-state index in [4.69, 9.17) is 11.6 Å². The number of carbonyl (C=O) groups is 1. The lowest BCUT2D eigenvalue weighted by Crippen LogP contribution is -2.49.